The van der Waals surface area contributed by atoms with Crippen molar-refractivity contribution in [3.05, 3.63) is 77.7 Å². The minimum atomic E-state index is -0.927. The van der Waals surface area contributed by atoms with E-state index in [0.29, 0.717) is 30.9 Å². The number of ether oxygens (including phenoxy) is 1. The minimum absolute atomic E-state index is 0.0133. The van der Waals surface area contributed by atoms with Gasteiger partial charge in [-0.2, -0.15) is 9.97 Å². The topological polar surface area (TPSA) is 79.5 Å². The second kappa shape index (κ2) is 10.2. The normalized spacial score (nSPS) is 24.1. The highest BCUT2D eigenvalue weighted by atomic mass is 19.1. The fourth-order valence-corrected chi connectivity index (χ4v) is 7.76. The van der Waals surface area contributed by atoms with Crippen LogP contribution in [0.3, 0.4) is 0 Å². The van der Waals surface area contributed by atoms with Gasteiger partial charge in [0.2, 0.25) is 0 Å². The molecule has 7 nitrogen and oxygen atoms in total. The highest BCUT2D eigenvalue weighted by Gasteiger charge is 2.46. The summed E-state index contributed by atoms with van der Waals surface area (Å²) >= 11 is 0. The number of anilines is 2. The molecular weight excluding hydrogens is 577 g/mol. The van der Waals surface area contributed by atoms with Gasteiger partial charge >= 0.3 is 6.01 Å². The summed E-state index contributed by atoms with van der Waals surface area (Å²) in [6, 6.07) is 7.14. The Hall–Kier alpha value is -4.59. The lowest BCUT2D eigenvalue weighted by Gasteiger charge is -2.35. The van der Waals surface area contributed by atoms with Crippen molar-refractivity contribution in [2.75, 3.05) is 43.4 Å². The lowest BCUT2D eigenvalue weighted by atomic mass is 9.92. The standard InChI is InChI=1S/C35H31F3N6O/c1-3-24-27(36)8-5-20-11-21(39)12-25(29(20)24)30-28(37)13-26-32(31(30)38)41-34(42-33(26)43-16-22-6-7-23(17-43)40-22)45-18-35-9-4-10-44(35)15-19(2)14-35/h1,5-8,11-13,22-23,40H,2,4,9-10,14-18,39H2/t22?,23?,35-/m1/s1. The van der Waals surface area contributed by atoms with Crippen LogP contribution >= 0.6 is 0 Å². The van der Waals surface area contributed by atoms with Gasteiger partial charge in [0.05, 0.1) is 16.7 Å². The summed E-state index contributed by atoms with van der Waals surface area (Å²) in [5.74, 6) is 0.280. The number of nitrogens with two attached hydrogens (primary N) is 1. The summed E-state index contributed by atoms with van der Waals surface area (Å²) in [7, 11) is 0. The molecule has 10 heteroatoms. The summed E-state index contributed by atoms with van der Waals surface area (Å²) in [4.78, 5) is 13.7. The quantitative estimate of drug-likeness (QED) is 0.180. The smallest absolute Gasteiger partial charge is 0.319 e. The Morgan fingerprint density at radius 1 is 1.11 bits per heavy atom. The highest BCUT2D eigenvalue weighted by molar-refractivity contribution is 6.05. The van der Waals surface area contributed by atoms with Crippen LogP contribution < -0.4 is 20.7 Å². The van der Waals surface area contributed by atoms with E-state index in [0.717, 1.165) is 37.9 Å². The maximum Gasteiger partial charge on any atom is 0.319 e. The molecule has 0 saturated carbocycles. The highest BCUT2D eigenvalue weighted by Crippen LogP contribution is 2.43. The van der Waals surface area contributed by atoms with Gasteiger partial charge in [-0.25, -0.2) is 13.2 Å². The number of rotatable bonds is 5. The number of nitrogens with one attached hydrogen (secondary N) is 1. The van der Waals surface area contributed by atoms with Crippen molar-refractivity contribution in [3.63, 3.8) is 0 Å². The van der Waals surface area contributed by atoms with E-state index in [1.807, 2.05) is 4.90 Å². The summed E-state index contributed by atoms with van der Waals surface area (Å²) < 4.78 is 54.3. The SMILES string of the molecule is C#Cc1c(F)ccc2cc(N)cc(-c3c(F)cc4c(N5CC6C=CC(C5)N6)nc(OC[C@]56CCCN5CC(=C)C6)nc4c3F)c12. The number of piperazine rings is 1. The number of aromatic nitrogens is 2. The number of fused-ring (bicyclic) bond motifs is 5. The molecule has 0 aliphatic carbocycles. The monoisotopic (exact) mass is 608 g/mol. The minimum Gasteiger partial charge on any atom is -0.461 e. The summed E-state index contributed by atoms with van der Waals surface area (Å²) in [5.41, 5.74) is 6.83. The number of nitrogens with zero attached hydrogens (tertiary/aromatic N) is 4. The van der Waals surface area contributed by atoms with Crippen LogP contribution in [0.25, 0.3) is 32.8 Å². The van der Waals surface area contributed by atoms with Gasteiger partial charge in [-0.1, -0.05) is 36.3 Å². The maximum absolute atomic E-state index is 16.9. The molecule has 8 rings (SSSR count). The van der Waals surface area contributed by atoms with Crippen molar-refractivity contribution < 1.29 is 17.9 Å². The average Bonchev–Trinajstić information content (AvgIpc) is 3.66. The van der Waals surface area contributed by atoms with Crippen molar-refractivity contribution in [2.45, 2.75) is 36.9 Å². The third-order valence-corrected chi connectivity index (χ3v) is 9.69. The first-order chi connectivity index (χ1) is 21.7. The lowest BCUT2D eigenvalue weighted by molar-refractivity contribution is 0.108. The Morgan fingerprint density at radius 3 is 2.69 bits per heavy atom. The van der Waals surface area contributed by atoms with E-state index in [1.165, 1.54) is 24.3 Å². The number of halogens is 3. The number of benzene rings is 3. The van der Waals surface area contributed by atoms with Gasteiger partial charge < -0.3 is 20.7 Å². The van der Waals surface area contributed by atoms with E-state index in [9.17, 15) is 4.39 Å². The number of hydrogen-bond acceptors (Lipinski definition) is 7. The second-order valence-corrected chi connectivity index (χ2v) is 12.6. The number of nitrogen functional groups attached to an aromatic ring is 1. The van der Waals surface area contributed by atoms with Crippen LogP contribution in [0.15, 0.2) is 54.6 Å². The Kier molecular flexibility index (Phi) is 6.34. The van der Waals surface area contributed by atoms with Gasteiger partial charge in [-0.3, -0.25) is 4.90 Å². The predicted octanol–water partition coefficient (Wildman–Crippen LogP) is 5.32. The van der Waals surface area contributed by atoms with Crippen LogP contribution in [-0.4, -0.2) is 65.3 Å². The molecule has 2 bridgehead atoms. The van der Waals surface area contributed by atoms with Crippen LogP contribution in [0.4, 0.5) is 24.7 Å². The average molecular weight is 609 g/mol. The van der Waals surface area contributed by atoms with Crippen LogP contribution in [0.1, 0.15) is 24.8 Å². The molecule has 4 aliphatic heterocycles. The molecular formula is C35H31F3N6O. The molecule has 0 amide bonds. The zero-order chi connectivity index (χ0) is 31.0. The molecule has 2 unspecified atom stereocenters. The number of terminal acetylenes is 1. The molecule has 3 aromatic carbocycles. The van der Waals surface area contributed by atoms with Gasteiger partial charge in [0.1, 0.15) is 29.6 Å². The molecule has 4 aliphatic rings. The van der Waals surface area contributed by atoms with Gasteiger partial charge in [-0.05, 0) is 61.0 Å². The van der Waals surface area contributed by atoms with Crippen LogP contribution in [0.2, 0.25) is 0 Å². The van der Waals surface area contributed by atoms with Gasteiger partial charge in [-0.15, -0.1) is 6.42 Å². The van der Waals surface area contributed by atoms with E-state index in [4.69, 9.17) is 21.9 Å². The van der Waals surface area contributed by atoms with Crippen molar-refractivity contribution in [3.8, 4) is 29.5 Å². The molecule has 1 aromatic heterocycles. The van der Waals surface area contributed by atoms with Crippen LogP contribution in [0, 0.1) is 29.8 Å². The molecule has 3 fully saturated rings. The van der Waals surface area contributed by atoms with Gasteiger partial charge in [0.25, 0.3) is 0 Å². The molecule has 3 atom stereocenters. The molecule has 0 spiro atoms. The van der Waals surface area contributed by atoms with E-state index in [-0.39, 0.29) is 56.7 Å². The Morgan fingerprint density at radius 2 is 1.91 bits per heavy atom. The first-order valence-corrected chi connectivity index (χ1v) is 15.2. The van der Waals surface area contributed by atoms with E-state index < -0.39 is 23.0 Å². The second-order valence-electron chi connectivity index (χ2n) is 12.6. The van der Waals surface area contributed by atoms with Crippen molar-refractivity contribution in [1.82, 2.24) is 20.2 Å². The fraction of sp³-hybridized carbons (Fsp3) is 0.314. The van der Waals surface area contributed by atoms with Crippen LogP contribution in [0.5, 0.6) is 6.01 Å². The number of hydrogen-bond donors (Lipinski definition) is 2. The first kappa shape index (κ1) is 27.9. The third-order valence-electron chi connectivity index (χ3n) is 9.69. The van der Waals surface area contributed by atoms with E-state index in [2.05, 4.69) is 39.9 Å². The van der Waals surface area contributed by atoms with E-state index in [1.54, 1.807) is 6.07 Å². The maximum atomic E-state index is 16.9. The first-order valence-electron chi connectivity index (χ1n) is 15.2. The van der Waals surface area contributed by atoms with Crippen molar-refractivity contribution in [2.24, 2.45) is 0 Å². The fourth-order valence-electron chi connectivity index (χ4n) is 7.76. The van der Waals surface area contributed by atoms with Crippen molar-refractivity contribution >= 4 is 33.2 Å². The Bertz CT molecular complexity index is 1990. The molecule has 3 N–H and O–H groups in total. The lowest BCUT2D eigenvalue weighted by Crippen LogP contribution is -2.52. The van der Waals surface area contributed by atoms with Gasteiger partial charge in [0, 0.05) is 48.2 Å². The molecule has 45 heavy (non-hydrogen) atoms. The molecule has 228 valence electrons. The van der Waals surface area contributed by atoms with Crippen LogP contribution in [-0.2, 0) is 0 Å². The molecule has 0 radical (unpaired) electrons. The zero-order valence-corrected chi connectivity index (χ0v) is 24.5. The summed E-state index contributed by atoms with van der Waals surface area (Å²) in [6.07, 6.45) is 12.7. The van der Waals surface area contributed by atoms with Crippen molar-refractivity contribution in [1.29, 1.82) is 0 Å². The third kappa shape index (κ3) is 4.44. The van der Waals surface area contributed by atoms with E-state index >= 15 is 8.78 Å². The Labute approximate surface area is 258 Å². The predicted molar refractivity (Wildman–Crippen MR) is 170 cm³/mol. The summed E-state index contributed by atoms with van der Waals surface area (Å²) in [6.45, 7) is 7.44. The Balaban J connectivity index is 1.31. The molecule has 3 saturated heterocycles. The molecule has 5 heterocycles. The van der Waals surface area contributed by atoms with Gasteiger partial charge in [0.15, 0.2) is 5.82 Å². The summed E-state index contributed by atoms with van der Waals surface area (Å²) in [5, 5.41) is 4.36. The largest absolute Gasteiger partial charge is 0.461 e. The molecule has 4 aromatic rings. The zero-order valence-electron chi connectivity index (χ0n) is 24.5.